The quantitative estimate of drug-likeness (QED) is 0.403. The van der Waals surface area contributed by atoms with Crippen LogP contribution in [0.15, 0.2) is 11.1 Å². The lowest BCUT2D eigenvalue weighted by molar-refractivity contribution is -0.181. The van der Waals surface area contributed by atoms with Gasteiger partial charge in [-0.3, -0.25) is 0 Å². The van der Waals surface area contributed by atoms with E-state index in [2.05, 4.69) is 48.5 Å². The molecular formula is C30H50O4. The minimum Gasteiger partial charge on any atom is -0.390 e. The summed E-state index contributed by atoms with van der Waals surface area (Å²) in [6.07, 6.45) is 11.6. The summed E-state index contributed by atoms with van der Waals surface area (Å²) < 4.78 is 13.3. The summed E-state index contributed by atoms with van der Waals surface area (Å²) in [5, 5.41) is 21.5. The van der Waals surface area contributed by atoms with Crippen molar-refractivity contribution >= 4 is 0 Å². The van der Waals surface area contributed by atoms with E-state index >= 15 is 0 Å². The predicted octanol–water partition coefficient (Wildman–Crippen LogP) is 6.33. The van der Waals surface area contributed by atoms with E-state index in [0.717, 1.165) is 51.4 Å². The smallest absolute Gasteiger partial charge is 0.0888 e. The molecule has 0 aromatic heterocycles. The molecule has 2 heterocycles. The van der Waals surface area contributed by atoms with Crippen LogP contribution in [0, 0.1) is 22.2 Å². The lowest BCUT2D eigenvalue weighted by atomic mass is 9.53. The van der Waals surface area contributed by atoms with Gasteiger partial charge in [0.1, 0.15) is 0 Å². The first-order valence-corrected chi connectivity index (χ1v) is 14.1. The Labute approximate surface area is 207 Å². The number of allylic oxidation sites excluding steroid dienone is 2. The van der Waals surface area contributed by atoms with E-state index in [1.54, 1.807) is 11.1 Å². The summed E-state index contributed by atoms with van der Waals surface area (Å²) in [5.74, 6) is 0.624. The summed E-state index contributed by atoms with van der Waals surface area (Å²) >= 11 is 0. The average Bonchev–Trinajstić information content (AvgIpc) is 3.04. The zero-order valence-corrected chi connectivity index (χ0v) is 22.9. The van der Waals surface area contributed by atoms with E-state index < -0.39 is 11.2 Å². The van der Waals surface area contributed by atoms with Crippen LogP contribution in [-0.2, 0) is 9.47 Å². The van der Waals surface area contributed by atoms with Crippen LogP contribution in [0.4, 0.5) is 0 Å². The van der Waals surface area contributed by atoms with Crippen molar-refractivity contribution in [1.29, 1.82) is 0 Å². The normalized spacial score (nSPS) is 52.7. The van der Waals surface area contributed by atoms with Crippen molar-refractivity contribution in [3.63, 3.8) is 0 Å². The molecular weight excluding hydrogens is 424 g/mol. The summed E-state index contributed by atoms with van der Waals surface area (Å²) in [7, 11) is 0. The van der Waals surface area contributed by atoms with E-state index in [-0.39, 0.29) is 40.7 Å². The Morgan fingerprint density at radius 2 is 1.29 bits per heavy atom. The number of aliphatic hydroxyl groups is 2. The fourth-order valence-corrected chi connectivity index (χ4v) is 9.13. The maximum atomic E-state index is 10.8. The fraction of sp³-hybridized carbons (Fsp3) is 0.933. The number of hydrogen-bond donors (Lipinski definition) is 2. The van der Waals surface area contributed by atoms with Crippen LogP contribution in [0.1, 0.15) is 119 Å². The second kappa shape index (κ2) is 8.04. The molecule has 2 saturated heterocycles. The van der Waals surface area contributed by atoms with Crippen LogP contribution in [0.3, 0.4) is 0 Å². The van der Waals surface area contributed by atoms with Gasteiger partial charge in [-0.25, -0.2) is 0 Å². The highest BCUT2D eigenvalue weighted by molar-refractivity contribution is 5.32. The predicted molar refractivity (Wildman–Crippen MR) is 136 cm³/mol. The van der Waals surface area contributed by atoms with Gasteiger partial charge < -0.3 is 19.7 Å². The molecule has 8 atom stereocenters. The van der Waals surface area contributed by atoms with Crippen LogP contribution in [0.25, 0.3) is 0 Å². The lowest BCUT2D eigenvalue weighted by Crippen LogP contribution is -2.52. The lowest BCUT2D eigenvalue weighted by Gasteiger charge is -2.54. The van der Waals surface area contributed by atoms with Gasteiger partial charge in [-0.2, -0.15) is 0 Å². The van der Waals surface area contributed by atoms with E-state index in [4.69, 9.17) is 9.47 Å². The molecule has 2 N–H and O–H groups in total. The Morgan fingerprint density at radius 3 is 1.97 bits per heavy atom. The van der Waals surface area contributed by atoms with Gasteiger partial charge in [0.25, 0.3) is 0 Å². The molecule has 2 aliphatic heterocycles. The third-order valence-electron chi connectivity index (χ3n) is 11.6. The maximum Gasteiger partial charge on any atom is 0.0888 e. The first-order chi connectivity index (χ1) is 15.7. The third kappa shape index (κ3) is 3.76. The van der Waals surface area contributed by atoms with Gasteiger partial charge in [-0.15, -0.1) is 0 Å². The van der Waals surface area contributed by atoms with Gasteiger partial charge in [0.15, 0.2) is 0 Å². The molecule has 0 spiro atoms. The first-order valence-electron chi connectivity index (χ1n) is 14.1. The topological polar surface area (TPSA) is 58.9 Å². The average molecular weight is 475 g/mol. The molecule has 3 saturated carbocycles. The SMILES string of the molecule is CC1(C)O[C@@H]2CC/C(=C3\CC[C@@H]4[C@@]5(C)CC[C@@H](O)C(C)(C)O[C@@H]5CC[C@@]34C)C[C@@]2(C)CC[C@H]1O. The van der Waals surface area contributed by atoms with E-state index in [0.29, 0.717) is 5.92 Å². The van der Waals surface area contributed by atoms with Gasteiger partial charge in [0, 0.05) is 0 Å². The highest BCUT2D eigenvalue weighted by atomic mass is 16.5. The van der Waals surface area contributed by atoms with E-state index in [1.165, 1.54) is 19.3 Å². The number of aliphatic hydroxyl groups excluding tert-OH is 2. The molecule has 5 fully saturated rings. The largest absolute Gasteiger partial charge is 0.390 e. The fourth-order valence-electron chi connectivity index (χ4n) is 9.13. The minimum absolute atomic E-state index is 0.116. The summed E-state index contributed by atoms with van der Waals surface area (Å²) in [6.45, 7) is 15.7. The highest BCUT2D eigenvalue weighted by Gasteiger charge is 2.60. The van der Waals surface area contributed by atoms with Crippen molar-refractivity contribution in [2.75, 3.05) is 0 Å². The van der Waals surface area contributed by atoms with Crippen molar-refractivity contribution < 1.29 is 19.7 Å². The molecule has 3 aliphatic carbocycles. The van der Waals surface area contributed by atoms with Crippen LogP contribution in [-0.4, -0.2) is 45.8 Å². The third-order valence-corrected chi connectivity index (χ3v) is 11.6. The number of fused-ring (bicyclic) bond motifs is 4. The molecule has 4 nitrogen and oxygen atoms in total. The Morgan fingerprint density at radius 1 is 0.676 bits per heavy atom. The second-order valence-corrected chi connectivity index (χ2v) is 14.5. The van der Waals surface area contributed by atoms with Crippen molar-refractivity contribution in [3.8, 4) is 0 Å². The van der Waals surface area contributed by atoms with Crippen LogP contribution < -0.4 is 0 Å². The molecule has 0 unspecified atom stereocenters. The van der Waals surface area contributed by atoms with Gasteiger partial charge in [-0.1, -0.05) is 31.9 Å². The highest BCUT2D eigenvalue weighted by Crippen LogP contribution is 2.66. The molecule has 0 aromatic carbocycles. The zero-order chi connectivity index (χ0) is 24.7. The van der Waals surface area contributed by atoms with Crippen molar-refractivity contribution in [3.05, 3.63) is 11.1 Å². The number of hydrogen-bond acceptors (Lipinski definition) is 4. The Kier molecular flexibility index (Phi) is 5.97. The van der Waals surface area contributed by atoms with Gasteiger partial charge in [0.05, 0.1) is 35.6 Å². The monoisotopic (exact) mass is 474 g/mol. The Bertz CT molecular complexity index is 845. The second-order valence-electron chi connectivity index (χ2n) is 14.5. The van der Waals surface area contributed by atoms with Gasteiger partial charge >= 0.3 is 0 Å². The maximum absolute atomic E-state index is 10.8. The molecule has 0 aromatic rings. The molecule has 0 bridgehead atoms. The van der Waals surface area contributed by atoms with E-state index in [9.17, 15) is 10.2 Å². The summed E-state index contributed by atoms with van der Waals surface area (Å²) in [4.78, 5) is 0. The van der Waals surface area contributed by atoms with Crippen molar-refractivity contribution in [2.24, 2.45) is 22.2 Å². The van der Waals surface area contributed by atoms with Crippen LogP contribution in [0.2, 0.25) is 0 Å². The zero-order valence-electron chi connectivity index (χ0n) is 22.9. The van der Waals surface area contributed by atoms with E-state index in [1.807, 2.05) is 0 Å². The Balaban J connectivity index is 1.44. The summed E-state index contributed by atoms with van der Waals surface area (Å²) in [5.41, 5.74) is 3.04. The standard InChI is InChI=1S/C30H50O4/c1-26(2)22(31)12-15-28(5)18-19(8-11-24(28)33-26)20-9-10-21-29(20,6)17-14-25-30(21,7)16-13-23(32)27(3,4)34-25/h21-25,31-32H,8-18H2,1-7H3/b20-19-/t21-,22+,23+,24+,25+,28+,29-,30+/m0/s1. The molecule has 34 heavy (non-hydrogen) atoms. The van der Waals surface area contributed by atoms with Crippen LogP contribution in [0.5, 0.6) is 0 Å². The molecule has 5 rings (SSSR count). The first kappa shape index (κ1) is 25.2. The number of ether oxygens (including phenoxy) is 2. The molecule has 5 aliphatic rings. The van der Waals surface area contributed by atoms with Crippen LogP contribution >= 0.6 is 0 Å². The van der Waals surface area contributed by atoms with Gasteiger partial charge in [-0.05, 0) is 120 Å². The molecule has 194 valence electrons. The molecule has 0 radical (unpaired) electrons. The summed E-state index contributed by atoms with van der Waals surface area (Å²) in [6, 6.07) is 0. The van der Waals surface area contributed by atoms with Gasteiger partial charge in [0.2, 0.25) is 0 Å². The molecule has 0 amide bonds. The van der Waals surface area contributed by atoms with Crippen molar-refractivity contribution in [1.82, 2.24) is 0 Å². The molecule has 4 heteroatoms. The van der Waals surface area contributed by atoms with Crippen molar-refractivity contribution in [2.45, 2.75) is 155 Å². The minimum atomic E-state index is -0.457. The Hall–Kier alpha value is -0.420. The number of rotatable bonds is 0.